The van der Waals surface area contributed by atoms with Gasteiger partial charge >= 0.3 is 0 Å². The number of benzene rings is 2. The minimum absolute atomic E-state index is 0.129. The molecule has 0 aliphatic heterocycles. The van der Waals surface area contributed by atoms with Gasteiger partial charge in [-0.25, -0.2) is 4.98 Å². The van der Waals surface area contributed by atoms with Crippen molar-refractivity contribution in [1.82, 2.24) is 9.55 Å². The van der Waals surface area contributed by atoms with Gasteiger partial charge in [-0.05, 0) is 31.2 Å². The van der Waals surface area contributed by atoms with Gasteiger partial charge in [0, 0.05) is 0 Å². The van der Waals surface area contributed by atoms with E-state index in [-0.39, 0.29) is 11.9 Å². The summed E-state index contributed by atoms with van der Waals surface area (Å²) in [4.78, 5) is 16.7. The van der Waals surface area contributed by atoms with Crippen LogP contribution in [-0.2, 0) is 4.79 Å². The Morgan fingerprint density at radius 2 is 1.90 bits per heavy atom. The van der Waals surface area contributed by atoms with Crippen LogP contribution >= 0.6 is 0 Å². The Morgan fingerprint density at radius 3 is 2.71 bits per heavy atom. The Hall–Kier alpha value is -2.82. The van der Waals surface area contributed by atoms with E-state index in [1.165, 1.54) is 0 Å². The van der Waals surface area contributed by atoms with Crippen molar-refractivity contribution in [2.75, 3.05) is 11.1 Å². The van der Waals surface area contributed by atoms with Gasteiger partial charge in [0.15, 0.2) is 0 Å². The molecule has 2 aromatic carbocycles. The number of amides is 1. The normalized spacial score (nSPS) is 12.2. The largest absolute Gasteiger partial charge is 0.397 e. The summed E-state index contributed by atoms with van der Waals surface area (Å²) in [6.07, 6.45) is 1.68. The zero-order chi connectivity index (χ0) is 14.8. The summed E-state index contributed by atoms with van der Waals surface area (Å²) in [6, 6.07) is 14.6. The first-order valence-corrected chi connectivity index (χ1v) is 6.74. The third-order valence-corrected chi connectivity index (χ3v) is 3.50. The number of hydrogen-bond donors (Lipinski definition) is 2. The van der Waals surface area contributed by atoms with Crippen molar-refractivity contribution in [1.29, 1.82) is 0 Å². The number of carbonyl (C=O) groups excluding carboxylic acids is 1. The zero-order valence-corrected chi connectivity index (χ0v) is 11.7. The van der Waals surface area contributed by atoms with Crippen molar-refractivity contribution in [3.8, 4) is 0 Å². The average molecular weight is 280 g/mol. The predicted molar refractivity (Wildman–Crippen MR) is 83.9 cm³/mol. The molecule has 5 nitrogen and oxygen atoms in total. The number of anilines is 2. The lowest BCUT2D eigenvalue weighted by Gasteiger charge is -2.15. The lowest BCUT2D eigenvalue weighted by atomic mass is 10.2. The Bertz CT molecular complexity index is 794. The number of hydrogen-bond acceptors (Lipinski definition) is 3. The van der Waals surface area contributed by atoms with Crippen LogP contribution in [-0.4, -0.2) is 15.5 Å². The second-order valence-electron chi connectivity index (χ2n) is 4.89. The standard InChI is InChI=1S/C16H16N4O/c1-11(16(21)19-13-7-3-2-6-12(13)17)20-10-18-14-8-4-5-9-15(14)20/h2-11H,17H2,1H3,(H,19,21). The molecule has 0 radical (unpaired) electrons. The molecule has 0 saturated carbocycles. The quantitative estimate of drug-likeness (QED) is 0.724. The third kappa shape index (κ3) is 2.45. The van der Waals surface area contributed by atoms with Crippen molar-refractivity contribution in [2.45, 2.75) is 13.0 Å². The first-order chi connectivity index (χ1) is 10.2. The number of imidazole rings is 1. The number of nitrogens with one attached hydrogen (secondary N) is 1. The molecule has 0 saturated heterocycles. The minimum atomic E-state index is -0.378. The van der Waals surface area contributed by atoms with Gasteiger partial charge in [0.1, 0.15) is 6.04 Å². The van der Waals surface area contributed by atoms with Crippen LogP contribution in [0.1, 0.15) is 13.0 Å². The molecular formula is C16H16N4O. The van der Waals surface area contributed by atoms with Gasteiger partial charge in [-0.2, -0.15) is 0 Å². The van der Waals surface area contributed by atoms with Gasteiger partial charge < -0.3 is 15.6 Å². The summed E-state index contributed by atoms with van der Waals surface area (Å²) in [5, 5.41) is 2.85. The molecule has 0 aliphatic carbocycles. The minimum Gasteiger partial charge on any atom is -0.397 e. The number of nitrogen functional groups attached to an aromatic ring is 1. The number of aromatic nitrogens is 2. The highest BCUT2D eigenvalue weighted by molar-refractivity contribution is 5.96. The molecule has 1 heterocycles. The first-order valence-electron chi connectivity index (χ1n) is 6.74. The highest BCUT2D eigenvalue weighted by Gasteiger charge is 2.17. The van der Waals surface area contributed by atoms with Crippen LogP contribution in [0.3, 0.4) is 0 Å². The van der Waals surface area contributed by atoms with E-state index in [0.717, 1.165) is 11.0 Å². The second-order valence-corrected chi connectivity index (χ2v) is 4.89. The number of carbonyl (C=O) groups is 1. The molecule has 5 heteroatoms. The number of nitrogens with two attached hydrogens (primary N) is 1. The van der Waals surface area contributed by atoms with Crippen molar-refractivity contribution < 1.29 is 4.79 Å². The molecule has 0 fully saturated rings. The summed E-state index contributed by atoms with van der Waals surface area (Å²) >= 11 is 0. The smallest absolute Gasteiger partial charge is 0.247 e. The van der Waals surface area contributed by atoms with Gasteiger partial charge in [-0.15, -0.1) is 0 Å². The molecule has 3 rings (SSSR count). The Morgan fingerprint density at radius 1 is 1.19 bits per heavy atom. The SMILES string of the molecule is CC(C(=O)Nc1ccccc1N)n1cnc2ccccc21. The fourth-order valence-corrected chi connectivity index (χ4v) is 2.26. The van der Waals surface area contributed by atoms with Gasteiger partial charge in [-0.1, -0.05) is 24.3 Å². The molecule has 0 spiro atoms. The van der Waals surface area contributed by atoms with Crippen LogP contribution in [0.25, 0.3) is 11.0 Å². The average Bonchev–Trinajstić information content (AvgIpc) is 2.92. The van der Waals surface area contributed by atoms with E-state index < -0.39 is 0 Å². The molecule has 21 heavy (non-hydrogen) atoms. The lowest BCUT2D eigenvalue weighted by Crippen LogP contribution is -2.23. The monoisotopic (exact) mass is 280 g/mol. The van der Waals surface area contributed by atoms with Crippen LogP contribution in [0.4, 0.5) is 11.4 Å². The van der Waals surface area contributed by atoms with Gasteiger partial charge in [0.05, 0.1) is 28.7 Å². The zero-order valence-electron chi connectivity index (χ0n) is 11.7. The molecule has 1 aromatic heterocycles. The van der Waals surface area contributed by atoms with Crippen LogP contribution in [0.5, 0.6) is 0 Å². The first kappa shape index (κ1) is 13.2. The maximum atomic E-state index is 12.4. The molecular weight excluding hydrogens is 264 g/mol. The molecule has 0 aliphatic rings. The number of fused-ring (bicyclic) bond motifs is 1. The van der Waals surface area contributed by atoms with Crippen molar-refractivity contribution in [3.63, 3.8) is 0 Å². The van der Waals surface area contributed by atoms with E-state index in [2.05, 4.69) is 10.3 Å². The Labute approximate surface area is 122 Å². The highest BCUT2D eigenvalue weighted by Crippen LogP contribution is 2.21. The predicted octanol–water partition coefficient (Wildman–Crippen LogP) is 2.82. The molecule has 106 valence electrons. The summed E-state index contributed by atoms with van der Waals surface area (Å²) in [5.41, 5.74) is 8.82. The van der Waals surface area contributed by atoms with E-state index in [9.17, 15) is 4.79 Å². The maximum Gasteiger partial charge on any atom is 0.247 e. The summed E-state index contributed by atoms with van der Waals surface area (Å²) < 4.78 is 1.85. The van der Waals surface area contributed by atoms with E-state index in [1.54, 1.807) is 18.5 Å². The Balaban J connectivity index is 1.86. The topological polar surface area (TPSA) is 72.9 Å². The van der Waals surface area contributed by atoms with Gasteiger partial charge in [0.25, 0.3) is 0 Å². The third-order valence-electron chi connectivity index (χ3n) is 3.50. The molecule has 3 aromatic rings. The van der Waals surface area contributed by atoms with Crippen LogP contribution in [0.15, 0.2) is 54.9 Å². The Kier molecular flexibility index (Phi) is 3.31. The summed E-state index contributed by atoms with van der Waals surface area (Å²) in [5.74, 6) is -0.129. The van der Waals surface area contributed by atoms with Crippen LogP contribution in [0, 0.1) is 0 Å². The van der Waals surface area contributed by atoms with Crippen molar-refractivity contribution >= 4 is 28.3 Å². The second kappa shape index (κ2) is 5.28. The fourth-order valence-electron chi connectivity index (χ4n) is 2.26. The van der Waals surface area contributed by atoms with E-state index in [4.69, 9.17) is 5.73 Å². The number of nitrogens with zero attached hydrogens (tertiary/aromatic N) is 2. The molecule has 1 amide bonds. The maximum absolute atomic E-state index is 12.4. The number of para-hydroxylation sites is 4. The van der Waals surface area contributed by atoms with E-state index in [1.807, 2.05) is 47.9 Å². The molecule has 1 atom stereocenters. The number of rotatable bonds is 3. The van der Waals surface area contributed by atoms with Crippen molar-refractivity contribution in [2.24, 2.45) is 0 Å². The van der Waals surface area contributed by atoms with Crippen molar-refractivity contribution in [3.05, 3.63) is 54.9 Å². The van der Waals surface area contributed by atoms with Crippen LogP contribution in [0.2, 0.25) is 0 Å². The van der Waals surface area contributed by atoms with Crippen LogP contribution < -0.4 is 11.1 Å². The van der Waals surface area contributed by atoms with E-state index >= 15 is 0 Å². The molecule has 0 bridgehead atoms. The summed E-state index contributed by atoms with van der Waals surface area (Å²) in [7, 11) is 0. The van der Waals surface area contributed by atoms with Gasteiger partial charge in [-0.3, -0.25) is 4.79 Å². The highest BCUT2D eigenvalue weighted by atomic mass is 16.2. The summed E-state index contributed by atoms with van der Waals surface area (Å²) in [6.45, 7) is 1.84. The van der Waals surface area contributed by atoms with E-state index in [0.29, 0.717) is 11.4 Å². The fraction of sp³-hybridized carbons (Fsp3) is 0.125. The molecule has 3 N–H and O–H groups in total. The van der Waals surface area contributed by atoms with Gasteiger partial charge in [0.2, 0.25) is 5.91 Å². The lowest BCUT2D eigenvalue weighted by molar-refractivity contribution is -0.118. The molecule has 1 unspecified atom stereocenters.